The van der Waals surface area contributed by atoms with E-state index in [2.05, 4.69) is 45.6 Å². The zero-order valence-corrected chi connectivity index (χ0v) is 19.0. The van der Waals surface area contributed by atoms with Crippen LogP contribution in [0.4, 0.5) is 11.5 Å². The van der Waals surface area contributed by atoms with Gasteiger partial charge in [-0.3, -0.25) is 4.98 Å². The minimum atomic E-state index is 0.359. The minimum Gasteiger partial charge on any atom is -0.362 e. The predicted octanol–water partition coefficient (Wildman–Crippen LogP) is 4.29. The van der Waals surface area contributed by atoms with E-state index in [1.807, 2.05) is 24.3 Å². The van der Waals surface area contributed by atoms with Crippen molar-refractivity contribution in [3.63, 3.8) is 0 Å². The van der Waals surface area contributed by atoms with Gasteiger partial charge in [-0.05, 0) is 29.8 Å². The van der Waals surface area contributed by atoms with Crippen LogP contribution in [0.5, 0.6) is 0 Å². The number of aromatic nitrogens is 6. The van der Waals surface area contributed by atoms with Crippen LogP contribution in [0.2, 0.25) is 0 Å². The molecule has 4 aromatic heterocycles. The molecule has 0 aliphatic carbocycles. The molecule has 3 N–H and O–H groups in total. The molecule has 0 fully saturated rings. The summed E-state index contributed by atoms with van der Waals surface area (Å²) in [6, 6.07) is 11.5. The first kappa shape index (κ1) is 21.7. The van der Waals surface area contributed by atoms with Gasteiger partial charge < -0.3 is 15.6 Å². The number of azide groups is 1. The lowest BCUT2D eigenvalue weighted by atomic mass is 10.3. The molecular formula is C22H21N11S. The van der Waals surface area contributed by atoms with E-state index in [1.165, 1.54) is 6.33 Å². The van der Waals surface area contributed by atoms with E-state index < -0.39 is 0 Å². The largest absolute Gasteiger partial charge is 0.362 e. The molecule has 5 rings (SSSR count). The molecule has 12 heteroatoms. The fraction of sp³-hybridized carbons (Fsp3) is 0.227. The molecular weight excluding hydrogens is 450 g/mol. The number of nitrogens with zero attached hydrogens (tertiary/aromatic N) is 8. The number of benzene rings is 1. The summed E-state index contributed by atoms with van der Waals surface area (Å²) in [5.41, 5.74) is 12.6. The number of hydrogen-bond donors (Lipinski definition) is 3. The maximum Gasteiger partial charge on any atom is 0.157 e. The van der Waals surface area contributed by atoms with Crippen molar-refractivity contribution in [2.45, 2.75) is 19.4 Å². The lowest BCUT2D eigenvalue weighted by Gasteiger charge is -2.07. The molecule has 34 heavy (non-hydrogen) atoms. The van der Waals surface area contributed by atoms with E-state index in [-0.39, 0.29) is 0 Å². The van der Waals surface area contributed by atoms with E-state index in [4.69, 9.17) is 10.5 Å². The number of hydrogen-bond acceptors (Lipinski definition) is 9. The normalized spacial score (nSPS) is 11.1. The number of para-hydroxylation sites is 2. The van der Waals surface area contributed by atoms with Crippen LogP contribution in [0.1, 0.15) is 16.5 Å². The summed E-state index contributed by atoms with van der Waals surface area (Å²) in [6.07, 6.45) is 4.80. The Morgan fingerprint density at radius 2 is 1.94 bits per heavy atom. The SMILES string of the molecule is [N-]=[N+]=Nc1cccnc1CNc1ncnc2sc(CCNCCc3nc4ccccc4[nH]3)nc12. The number of pyridine rings is 1. The maximum absolute atomic E-state index is 8.74. The predicted molar refractivity (Wildman–Crippen MR) is 132 cm³/mol. The maximum atomic E-state index is 8.74. The van der Waals surface area contributed by atoms with Crippen molar-refractivity contribution < 1.29 is 0 Å². The average Bonchev–Trinajstić information content (AvgIpc) is 3.47. The van der Waals surface area contributed by atoms with Crippen LogP contribution in [0.25, 0.3) is 31.8 Å². The van der Waals surface area contributed by atoms with Crippen LogP contribution in [-0.2, 0) is 19.4 Å². The molecule has 170 valence electrons. The summed E-state index contributed by atoms with van der Waals surface area (Å²) in [6.45, 7) is 1.99. The number of imidazole rings is 1. The summed E-state index contributed by atoms with van der Waals surface area (Å²) in [5, 5.41) is 11.4. The Morgan fingerprint density at radius 1 is 1.03 bits per heavy atom. The highest BCUT2D eigenvalue weighted by Gasteiger charge is 2.11. The van der Waals surface area contributed by atoms with Crippen molar-refractivity contribution in [3.05, 3.63) is 75.9 Å². The monoisotopic (exact) mass is 471 g/mol. The third-order valence-corrected chi connectivity index (χ3v) is 6.20. The summed E-state index contributed by atoms with van der Waals surface area (Å²) in [7, 11) is 0. The number of rotatable bonds is 10. The van der Waals surface area contributed by atoms with Crippen molar-refractivity contribution in [2.75, 3.05) is 18.4 Å². The van der Waals surface area contributed by atoms with E-state index in [1.54, 1.807) is 29.7 Å². The van der Waals surface area contributed by atoms with Crippen molar-refractivity contribution in [1.29, 1.82) is 0 Å². The van der Waals surface area contributed by atoms with Crippen LogP contribution in [0.15, 0.2) is 54.0 Å². The number of aromatic amines is 1. The molecule has 0 bridgehead atoms. The Labute approximate surface area is 198 Å². The Morgan fingerprint density at radius 3 is 2.85 bits per heavy atom. The highest BCUT2D eigenvalue weighted by Crippen LogP contribution is 2.26. The summed E-state index contributed by atoms with van der Waals surface area (Å²) in [4.78, 5) is 29.4. The van der Waals surface area contributed by atoms with Crippen LogP contribution >= 0.6 is 11.3 Å². The summed E-state index contributed by atoms with van der Waals surface area (Å²) < 4.78 is 0. The third-order valence-electron chi connectivity index (χ3n) is 5.17. The molecule has 4 heterocycles. The second kappa shape index (κ2) is 10.2. The van der Waals surface area contributed by atoms with Gasteiger partial charge >= 0.3 is 0 Å². The molecule has 0 amide bonds. The van der Waals surface area contributed by atoms with Crippen molar-refractivity contribution in [1.82, 2.24) is 35.2 Å². The molecule has 0 aliphatic rings. The first-order chi connectivity index (χ1) is 16.8. The molecule has 0 aliphatic heterocycles. The molecule has 0 unspecified atom stereocenters. The quantitative estimate of drug-likeness (QED) is 0.119. The Kier molecular flexibility index (Phi) is 6.52. The summed E-state index contributed by atoms with van der Waals surface area (Å²) in [5.74, 6) is 1.61. The molecule has 11 nitrogen and oxygen atoms in total. The van der Waals surface area contributed by atoms with E-state index in [0.29, 0.717) is 23.7 Å². The number of nitrogens with one attached hydrogen (secondary N) is 3. The van der Waals surface area contributed by atoms with E-state index in [9.17, 15) is 0 Å². The second-order valence-electron chi connectivity index (χ2n) is 7.45. The molecule has 0 saturated carbocycles. The molecule has 0 radical (unpaired) electrons. The molecule has 5 aromatic rings. The Balaban J connectivity index is 1.17. The first-order valence-corrected chi connectivity index (χ1v) is 11.6. The van der Waals surface area contributed by atoms with Gasteiger partial charge in [-0.2, -0.15) is 0 Å². The molecule has 0 atom stereocenters. The van der Waals surface area contributed by atoms with Crippen molar-refractivity contribution in [2.24, 2.45) is 5.11 Å². The topological polar surface area (TPSA) is 153 Å². The van der Waals surface area contributed by atoms with Gasteiger partial charge in [0, 0.05) is 37.0 Å². The fourth-order valence-corrected chi connectivity index (χ4v) is 4.46. The van der Waals surface area contributed by atoms with Crippen LogP contribution in [-0.4, -0.2) is 43.0 Å². The number of fused-ring (bicyclic) bond motifs is 2. The second-order valence-corrected chi connectivity index (χ2v) is 8.51. The zero-order chi connectivity index (χ0) is 23.2. The highest BCUT2D eigenvalue weighted by molar-refractivity contribution is 7.18. The van der Waals surface area contributed by atoms with Gasteiger partial charge in [0.25, 0.3) is 0 Å². The molecule has 1 aromatic carbocycles. The van der Waals surface area contributed by atoms with Gasteiger partial charge in [-0.15, -0.1) is 0 Å². The van der Waals surface area contributed by atoms with Gasteiger partial charge in [0.2, 0.25) is 0 Å². The third kappa shape index (κ3) is 4.94. The number of thiazole rings is 1. The Bertz CT molecular complexity index is 1440. The van der Waals surface area contributed by atoms with Gasteiger partial charge in [0.1, 0.15) is 22.5 Å². The Hall–Kier alpha value is -4.12. The van der Waals surface area contributed by atoms with Crippen molar-refractivity contribution in [3.8, 4) is 0 Å². The van der Waals surface area contributed by atoms with Gasteiger partial charge in [0.15, 0.2) is 5.82 Å². The standard InChI is InChI=1S/C22H21N11S/c23-33-32-16-6-3-9-25-17(16)12-26-21-20-22(28-13-27-21)34-19(31-20)8-11-24-10-7-18-29-14-4-1-2-5-15(14)30-18/h1-6,9,13,24H,7-8,10-12H2,(H,29,30)(H,26,27,28). The van der Waals surface area contributed by atoms with Crippen LogP contribution in [0, 0.1) is 0 Å². The van der Waals surface area contributed by atoms with E-state index >= 15 is 0 Å². The fourth-order valence-electron chi connectivity index (χ4n) is 3.56. The van der Waals surface area contributed by atoms with Gasteiger partial charge in [0.05, 0.1) is 34.0 Å². The van der Waals surface area contributed by atoms with Crippen LogP contribution < -0.4 is 10.6 Å². The van der Waals surface area contributed by atoms with Gasteiger partial charge in [-0.1, -0.05) is 28.6 Å². The molecule has 0 saturated heterocycles. The van der Waals surface area contributed by atoms with Crippen molar-refractivity contribution >= 4 is 44.2 Å². The number of H-pyrrole nitrogens is 1. The lowest BCUT2D eigenvalue weighted by Crippen LogP contribution is -2.20. The lowest BCUT2D eigenvalue weighted by molar-refractivity contribution is 0.670. The average molecular weight is 472 g/mol. The van der Waals surface area contributed by atoms with E-state index in [0.717, 1.165) is 58.1 Å². The summed E-state index contributed by atoms with van der Waals surface area (Å²) >= 11 is 1.56. The smallest absolute Gasteiger partial charge is 0.157 e. The minimum absolute atomic E-state index is 0.359. The zero-order valence-electron chi connectivity index (χ0n) is 18.1. The molecule has 0 spiro atoms. The van der Waals surface area contributed by atoms with Gasteiger partial charge in [-0.25, -0.2) is 19.9 Å². The highest BCUT2D eigenvalue weighted by atomic mass is 32.1. The number of anilines is 1. The first-order valence-electron chi connectivity index (χ1n) is 10.8. The van der Waals surface area contributed by atoms with Crippen LogP contribution in [0.3, 0.4) is 0 Å².